The van der Waals surface area contributed by atoms with Crippen LogP contribution in [-0.2, 0) is 0 Å². The van der Waals surface area contributed by atoms with Gasteiger partial charge < -0.3 is 15.5 Å². The van der Waals surface area contributed by atoms with Crippen LogP contribution in [0.5, 0.6) is 5.75 Å². The predicted octanol–water partition coefficient (Wildman–Crippen LogP) is 0.517. The fraction of sp³-hybridized carbons (Fsp3) is 0.300. The Morgan fingerprint density at radius 2 is 2.29 bits per heavy atom. The van der Waals surface area contributed by atoms with E-state index in [1.165, 1.54) is 6.07 Å². The molecular formula is C10H12N2O2. The molecule has 0 bridgehead atoms. The first-order valence-corrected chi connectivity index (χ1v) is 4.24. The molecule has 0 spiro atoms. The molecule has 4 nitrogen and oxygen atoms in total. The van der Waals surface area contributed by atoms with Crippen LogP contribution in [-0.4, -0.2) is 23.9 Å². The highest BCUT2D eigenvalue weighted by Gasteiger charge is 2.09. The van der Waals surface area contributed by atoms with Gasteiger partial charge in [-0.05, 0) is 24.7 Å². The number of hydrogen-bond donors (Lipinski definition) is 3. The summed E-state index contributed by atoms with van der Waals surface area (Å²) in [6.07, 6.45) is 0. The zero-order valence-electron chi connectivity index (χ0n) is 7.86. The Labute approximate surface area is 82.4 Å². The quantitative estimate of drug-likeness (QED) is 0.652. The maximum absolute atomic E-state index is 9.26. The zero-order chi connectivity index (χ0) is 10.6. The minimum absolute atomic E-state index is 0.0379. The van der Waals surface area contributed by atoms with Crippen LogP contribution in [0.4, 0.5) is 0 Å². The van der Waals surface area contributed by atoms with Crippen molar-refractivity contribution in [3.8, 4) is 11.8 Å². The third-order valence-corrected chi connectivity index (χ3v) is 2.07. The number of phenols is 1. The Kier molecular flexibility index (Phi) is 3.46. The number of nitriles is 1. The average Bonchev–Trinajstić information content (AvgIpc) is 2.22. The number of nitrogens with one attached hydrogen (secondary N) is 1. The van der Waals surface area contributed by atoms with Crippen molar-refractivity contribution in [3.05, 3.63) is 29.3 Å². The van der Waals surface area contributed by atoms with Gasteiger partial charge in [0.05, 0.1) is 18.2 Å². The second-order valence-electron chi connectivity index (χ2n) is 2.91. The molecule has 74 valence electrons. The van der Waals surface area contributed by atoms with Gasteiger partial charge in [-0.3, -0.25) is 0 Å². The number of likely N-dealkylation sites (N-methyl/N-ethyl adjacent to an activating group) is 1. The number of nitrogens with zero attached hydrogens (tertiary/aromatic N) is 1. The van der Waals surface area contributed by atoms with Gasteiger partial charge in [-0.1, -0.05) is 6.07 Å². The fourth-order valence-corrected chi connectivity index (χ4v) is 1.22. The van der Waals surface area contributed by atoms with E-state index in [2.05, 4.69) is 5.32 Å². The van der Waals surface area contributed by atoms with E-state index in [9.17, 15) is 5.11 Å². The minimum Gasteiger partial charge on any atom is -0.507 e. The van der Waals surface area contributed by atoms with E-state index in [4.69, 9.17) is 10.4 Å². The number of benzene rings is 1. The van der Waals surface area contributed by atoms with E-state index < -0.39 is 0 Å². The molecule has 14 heavy (non-hydrogen) atoms. The number of aliphatic hydroxyl groups is 1. The van der Waals surface area contributed by atoms with Crippen molar-refractivity contribution in [2.45, 2.75) is 6.04 Å². The largest absolute Gasteiger partial charge is 0.507 e. The van der Waals surface area contributed by atoms with Crippen molar-refractivity contribution < 1.29 is 10.2 Å². The molecule has 1 aromatic carbocycles. The molecule has 1 atom stereocenters. The second kappa shape index (κ2) is 4.61. The van der Waals surface area contributed by atoms with E-state index >= 15 is 0 Å². The first kappa shape index (κ1) is 10.5. The van der Waals surface area contributed by atoms with Crippen LogP contribution in [0.3, 0.4) is 0 Å². The molecule has 0 saturated heterocycles. The summed E-state index contributed by atoms with van der Waals surface area (Å²) in [6.45, 7) is -0.0495. The summed E-state index contributed by atoms with van der Waals surface area (Å²) < 4.78 is 0. The number of hydrogen-bond acceptors (Lipinski definition) is 4. The second-order valence-corrected chi connectivity index (χ2v) is 2.91. The third-order valence-electron chi connectivity index (χ3n) is 2.07. The Balaban J connectivity index is 3.06. The van der Waals surface area contributed by atoms with Gasteiger partial charge in [-0.2, -0.15) is 5.26 Å². The number of phenolic OH excluding ortho intramolecular Hbond substituents is 1. The standard InChI is InChI=1S/C10H12N2O2/c1-12-9(6-13)7-2-3-10(14)8(4-7)5-11/h2-4,9,12-14H,6H2,1H3. The smallest absolute Gasteiger partial charge is 0.133 e. The lowest BCUT2D eigenvalue weighted by molar-refractivity contribution is 0.251. The maximum Gasteiger partial charge on any atom is 0.133 e. The predicted molar refractivity (Wildman–Crippen MR) is 51.7 cm³/mol. The van der Waals surface area contributed by atoms with Crippen molar-refractivity contribution in [1.29, 1.82) is 5.26 Å². The molecule has 0 radical (unpaired) electrons. The number of aliphatic hydroxyl groups excluding tert-OH is 1. The summed E-state index contributed by atoms with van der Waals surface area (Å²) in [4.78, 5) is 0. The highest BCUT2D eigenvalue weighted by Crippen LogP contribution is 2.21. The molecule has 0 heterocycles. The Hall–Kier alpha value is -1.57. The molecule has 0 fully saturated rings. The van der Waals surface area contributed by atoms with Crippen LogP contribution in [0, 0.1) is 11.3 Å². The van der Waals surface area contributed by atoms with E-state index in [1.54, 1.807) is 19.2 Å². The van der Waals surface area contributed by atoms with Gasteiger partial charge in [-0.25, -0.2) is 0 Å². The molecule has 1 rings (SSSR count). The molecule has 3 N–H and O–H groups in total. The average molecular weight is 192 g/mol. The fourth-order valence-electron chi connectivity index (χ4n) is 1.22. The summed E-state index contributed by atoms with van der Waals surface area (Å²) in [5.41, 5.74) is 1.00. The Morgan fingerprint density at radius 1 is 1.57 bits per heavy atom. The van der Waals surface area contributed by atoms with Gasteiger partial charge in [0.1, 0.15) is 11.8 Å². The number of rotatable bonds is 3. The van der Waals surface area contributed by atoms with Gasteiger partial charge in [0, 0.05) is 0 Å². The third kappa shape index (κ3) is 2.02. The lowest BCUT2D eigenvalue weighted by Crippen LogP contribution is -2.19. The summed E-state index contributed by atoms with van der Waals surface area (Å²) in [7, 11) is 1.72. The zero-order valence-corrected chi connectivity index (χ0v) is 7.86. The van der Waals surface area contributed by atoms with Crippen LogP contribution in [0.1, 0.15) is 17.2 Å². The monoisotopic (exact) mass is 192 g/mol. The van der Waals surface area contributed by atoms with Gasteiger partial charge >= 0.3 is 0 Å². The molecular weight excluding hydrogens is 180 g/mol. The molecule has 0 aliphatic rings. The van der Waals surface area contributed by atoms with Crippen LogP contribution >= 0.6 is 0 Å². The first-order chi connectivity index (χ1) is 6.72. The van der Waals surface area contributed by atoms with Gasteiger partial charge in [0.2, 0.25) is 0 Å². The van der Waals surface area contributed by atoms with Crippen LogP contribution < -0.4 is 5.32 Å². The topological polar surface area (TPSA) is 76.3 Å². The first-order valence-electron chi connectivity index (χ1n) is 4.24. The highest BCUT2D eigenvalue weighted by molar-refractivity contribution is 5.45. The Morgan fingerprint density at radius 3 is 2.79 bits per heavy atom. The van der Waals surface area contributed by atoms with Crippen molar-refractivity contribution in [2.24, 2.45) is 0 Å². The summed E-state index contributed by atoms with van der Waals surface area (Å²) in [6, 6.07) is 6.36. The highest BCUT2D eigenvalue weighted by atomic mass is 16.3. The van der Waals surface area contributed by atoms with Crippen LogP contribution in [0.25, 0.3) is 0 Å². The van der Waals surface area contributed by atoms with E-state index in [0.717, 1.165) is 5.56 Å². The molecule has 0 aliphatic carbocycles. The van der Waals surface area contributed by atoms with Gasteiger partial charge in [-0.15, -0.1) is 0 Å². The van der Waals surface area contributed by atoms with Crippen molar-refractivity contribution in [1.82, 2.24) is 5.32 Å². The molecule has 1 aromatic rings. The van der Waals surface area contributed by atoms with Gasteiger partial charge in [0.25, 0.3) is 0 Å². The molecule has 0 amide bonds. The lowest BCUT2D eigenvalue weighted by atomic mass is 10.0. The van der Waals surface area contributed by atoms with Crippen LogP contribution in [0.2, 0.25) is 0 Å². The number of aromatic hydroxyl groups is 1. The minimum atomic E-state index is -0.206. The normalized spacial score (nSPS) is 12.1. The summed E-state index contributed by atoms with van der Waals surface area (Å²) in [5.74, 6) is -0.0379. The molecule has 4 heteroatoms. The van der Waals surface area contributed by atoms with Crippen molar-refractivity contribution in [3.63, 3.8) is 0 Å². The van der Waals surface area contributed by atoms with Crippen molar-refractivity contribution in [2.75, 3.05) is 13.7 Å². The van der Waals surface area contributed by atoms with Gasteiger partial charge in [0.15, 0.2) is 0 Å². The maximum atomic E-state index is 9.26. The molecule has 1 unspecified atom stereocenters. The van der Waals surface area contributed by atoms with E-state index in [0.29, 0.717) is 0 Å². The Bertz CT molecular complexity index is 354. The summed E-state index contributed by atoms with van der Waals surface area (Å²) in [5, 5.41) is 29.8. The van der Waals surface area contributed by atoms with Crippen molar-refractivity contribution >= 4 is 0 Å². The van der Waals surface area contributed by atoms with Crippen LogP contribution in [0.15, 0.2) is 18.2 Å². The van der Waals surface area contributed by atoms with E-state index in [1.807, 2.05) is 6.07 Å². The molecule has 0 aliphatic heterocycles. The SMILES string of the molecule is CNC(CO)c1ccc(O)c(C#N)c1. The molecule has 0 aromatic heterocycles. The summed E-state index contributed by atoms with van der Waals surface area (Å²) >= 11 is 0. The molecule has 0 saturated carbocycles. The van der Waals surface area contributed by atoms with E-state index in [-0.39, 0.29) is 24.0 Å². The lowest BCUT2D eigenvalue weighted by Gasteiger charge is -2.13.